The molecule has 1 aromatic heterocycles. The van der Waals surface area contributed by atoms with Crippen LogP contribution in [0.15, 0.2) is 41.8 Å². The Balaban J connectivity index is 1.80. The van der Waals surface area contributed by atoms with E-state index >= 15 is 0 Å². The van der Waals surface area contributed by atoms with Crippen LogP contribution in [-0.4, -0.2) is 38.2 Å². The first-order valence-corrected chi connectivity index (χ1v) is 11.1. The molecule has 0 saturated heterocycles. The number of nitrogens with zero attached hydrogens (tertiary/aromatic N) is 2. The van der Waals surface area contributed by atoms with Gasteiger partial charge in [-0.2, -0.15) is 0 Å². The van der Waals surface area contributed by atoms with Crippen molar-refractivity contribution in [3.63, 3.8) is 0 Å². The fourth-order valence-corrected chi connectivity index (χ4v) is 4.17. The molecule has 0 fully saturated rings. The van der Waals surface area contributed by atoms with Crippen molar-refractivity contribution in [2.45, 2.75) is 26.9 Å². The molecule has 1 amide bonds. The van der Waals surface area contributed by atoms with Gasteiger partial charge < -0.3 is 18.9 Å². The predicted molar refractivity (Wildman–Crippen MR) is 126 cm³/mol. The number of benzene rings is 2. The maximum Gasteiger partial charge on any atom is 0.342 e. The molecule has 0 N–H and O–H groups in total. The van der Waals surface area contributed by atoms with Gasteiger partial charge in [0.2, 0.25) is 5.91 Å². The monoisotopic (exact) mass is 470 g/mol. The molecule has 2 aromatic carbocycles. The number of esters is 1. The standard InChI is InChI=1S/C24H26N2O6S/c1-6-16-9-7-8-10-19(16)26(15(2)27)24-25-17(14-33-24)13-32-23(28)18-11-21(30-4)22(31-5)12-20(18)29-3/h7-12,14H,6,13H2,1-5H3. The lowest BCUT2D eigenvalue weighted by Gasteiger charge is -2.20. The van der Waals surface area contributed by atoms with E-state index < -0.39 is 5.97 Å². The van der Waals surface area contributed by atoms with Crippen molar-refractivity contribution in [2.75, 3.05) is 26.2 Å². The number of para-hydroxylation sites is 1. The molecule has 9 heteroatoms. The number of rotatable bonds is 9. The molecule has 0 atom stereocenters. The lowest BCUT2D eigenvalue weighted by Crippen LogP contribution is -2.23. The first-order valence-electron chi connectivity index (χ1n) is 10.2. The topological polar surface area (TPSA) is 87.2 Å². The molecule has 8 nitrogen and oxygen atoms in total. The number of aryl methyl sites for hydroxylation is 1. The van der Waals surface area contributed by atoms with E-state index in [0.717, 1.165) is 17.7 Å². The van der Waals surface area contributed by atoms with E-state index in [0.29, 0.717) is 28.1 Å². The highest BCUT2D eigenvalue weighted by Gasteiger charge is 2.22. The quantitative estimate of drug-likeness (QED) is 0.416. The molecule has 3 rings (SSSR count). The van der Waals surface area contributed by atoms with Gasteiger partial charge in [-0.25, -0.2) is 9.78 Å². The van der Waals surface area contributed by atoms with Gasteiger partial charge in [-0.1, -0.05) is 25.1 Å². The molecule has 0 spiro atoms. The Kier molecular flexibility index (Phi) is 7.89. The van der Waals surface area contributed by atoms with Crippen LogP contribution < -0.4 is 19.1 Å². The number of carbonyl (C=O) groups is 2. The second-order valence-electron chi connectivity index (χ2n) is 6.94. The third kappa shape index (κ3) is 5.25. The van der Waals surface area contributed by atoms with Crippen molar-refractivity contribution < 1.29 is 28.5 Å². The Morgan fingerprint density at radius 3 is 2.30 bits per heavy atom. The Morgan fingerprint density at radius 2 is 1.67 bits per heavy atom. The van der Waals surface area contributed by atoms with Crippen LogP contribution in [0.5, 0.6) is 17.2 Å². The largest absolute Gasteiger partial charge is 0.496 e. The van der Waals surface area contributed by atoms with E-state index in [2.05, 4.69) is 4.98 Å². The van der Waals surface area contributed by atoms with E-state index in [4.69, 9.17) is 18.9 Å². The van der Waals surface area contributed by atoms with Gasteiger partial charge in [0, 0.05) is 24.4 Å². The van der Waals surface area contributed by atoms with E-state index in [-0.39, 0.29) is 18.1 Å². The summed E-state index contributed by atoms with van der Waals surface area (Å²) in [7, 11) is 4.43. The van der Waals surface area contributed by atoms with Gasteiger partial charge in [-0.15, -0.1) is 11.3 Å². The molecule has 0 bridgehead atoms. The molecule has 1 heterocycles. The second kappa shape index (κ2) is 10.8. The van der Waals surface area contributed by atoms with Gasteiger partial charge in [0.25, 0.3) is 0 Å². The van der Waals surface area contributed by atoms with Crippen molar-refractivity contribution in [2.24, 2.45) is 0 Å². The fourth-order valence-electron chi connectivity index (χ4n) is 3.31. The number of anilines is 2. The Labute approximate surface area is 196 Å². The molecule has 0 aliphatic carbocycles. The summed E-state index contributed by atoms with van der Waals surface area (Å²) in [6.07, 6.45) is 0.781. The molecule has 33 heavy (non-hydrogen) atoms. The number of amides is 1. The van der Waals surface area contributed by atoms with Crippen LogP contribution in [-0.2, 0) is 22.6 Å². The Bertz CT molecular complexity index is 1140. The van der Waals surface area contributed by atoms with Crippen LogP contribution in [0.1, 0.15) is 35.5 Å². The van der Waals surface area contributed by atoms with E-state index in [1.165, 1.54) is 45.7 Å². The van der Waals surface area contributed by atoms with Crippen LogP contribution in [0.2, 0.25) is 0 Å². The number of hydrogen-bond acceptors (Lipinski definition) is 8. The van der Waals surface area contributed by atoms with Gasteiger partial charge in [0.15, 0.2) is 16.6 Å². The van der Waals surface area contributed by atoms with Crippen LogP contribution in [0.25, 0.3) is 0 Å². The zero-order chi connectivity index (χ0) is 24.0. The van der Waals surface area contributed by atoms with Crippen LogP contribution >= 0.6 is 11.3 Å². The summed E-state index contributed by atoms with van der Waals surface area (Å²) in [5, 5.41) is 2.28. The highest BCUT2D eigenvalue weighted by molar-refractivity contribution is 7.14. The minimum atomic E-state index is -0.595. The maximum absolute atomic E-state index is 12.7. The highest BCUT2D eigenvalue weighted by atomic mass is 32.1. The van der Waals surface area contributed by atoms with Crippen molar-refractivity contribution in [1.29, 1.82) is 0 Å². The molecule has 3 aromatic rings. The normalized spacial score (nSPS) is 10.5. The summed E-state index contributed by atoms with van der Waals surface area (Å²) in [4.78, 5) is 31.3. The Morgan fingerprint density at radius 1 is 1.00 bits per heavy atom. The van der Waals surface area contributed by atoms with Gasteiger partial charge in [0.1, 0.15) is 17.9 Å². The SMILES string of the molecule is CCc1ccccc1N(C(C)=O)c1nc(COC(=O)c2cc(OC)c(OC)cc2OC)cs1. The maximum atomic E-state index is 12.7. The smallest absolute Gasteiger partial charge is 0.342 e. The number of methoxy groups -OCH3 is 3. The number of hydrogen-bond donors (Lipinski definition) is 0. The van der Waals surface area contributed by atoms with Crippen molar-refractivity contribution in [3.8, 4) is 17.2 Å². The van der Waals surface area contributed by atoms with Crippen LogP contribution in [0.4, 0.5) is 10.8 Å². The molecular formula is C24H26N2O6S. The highest BCUT2D eigenvalue weighted by Crippen LogP contribution is 2.35. The minimum Gasteiger partial charge on any atom is -0.496 e. The van der Waals surface area contributed by atoms with Gasteiger partial charge in [0.05, 0.1) is 32.7 Å². The summed E-state index contributed by atoms with van der Waals surface area (Å²) in [6.45, 7) is 3.47. The summed E-state index contributed by atoms with van der Waals surface area (Å²) >= 11 is 1.31. The average molecular weight is 471 g/mol. The van der Waals surface area contributed by atoms with Gasteiger partial charge >= 0.3 is 5.97 Å². The van der Waals surface area contributed by atoms with Crippen LogP contribution in [0, 0.1) is 0 Å². The summed E-state index contributed by atoms with van der Waals surface area (Å²) in [5.74, 6) is 0.376. The zero-order valence-electron chi connectivity index (χ0n) is 19.2. The van der Waals surface area contributed by atoms with Crippen LogP contribution in [0.3, 0.4) is 0 Å². The molecule has 0 unspecified atom stereocenters. The number of aromatic nitrogens is 1. The third-order valence-electron chi connectivity index (χ3n) is 4.94. The predicted octanol–water partition coefficient (Wildman–Crippen LogP) is 4.77. The molecule has 0 radical (unpaired) electrons. The lowest BCUT2D eigenvalue weighted by molar-refractivity contribution is -0.115. The molecule has 174 valence electrons. The van der Waals surface area contributed by atoms with Gasteiger partial charge in [-0.05, 0) is 18.1 Å². The number of thiazole rings is 1. The summed E-state index contributed by atoms with van der Waals surface area (Å²) in [6, 6.07) is 10.8. The van der Waals surface area contributed by atoms with E-state index in [1.54, 1.807) is 16.3 Å². The fraction of sp³-hybridized carbons (Fsp3) is 0.292. The minimum absolute atomic E-state index is 0.0615. The molecule has 0 aliphatic rings. The molecular weight excluding hydrogens is 444 g/mol. The first kappa shape index (κ1) is 24.1. The van der Waals surface area contributed by atoms with E-state index in [1.807, 2.05) is 31.2 Å². The molecule has 0 aliphatic heterocycles. The summed E-state index contributed by atoms with van der Waals surface area (Å²) in [5.41, 5.74) is 2.56. The summed E-state index contributed by atoms with van der Waals surface area (Å²) < 4.78 is 21.3. The average Bonchev–Trinajstić information content (AvgIpc) is 3.30. The van der Waals surface area contributed by atoms with Crippen molar-refractivity contribution in [1.82, 2.24) is 4.98 Å². The second-order valence-corrected chi connectivity index (χ2v) is 7.78. The number of ether oxygens (including phenoxy) is 4. The lowest BCUT2D eigenvalue weighted by atomic mass is 10.1. The van der Waals surface area contributed by atoms with Crippen molar-refractivity contribution in [3.05, 3.63) is 58.6 Å². The van der Waals surface area contributed by atoms with Crippen molar-refractivity contribution >= 4 is 34.0 Å². The zero-order valence-corrected chi connectivity index (χ0v) is 20.0. The third-order valence-corrected chi connectivity index (χ3v) is 5.81. The Hall–Kier alpha value is -3.59. The molecule has 0 saturated carbocycles. The first-order chi connectivity index (χ1) is 15.9. The van der Waals surface area contributed by atoms with Gasteiger partial charge in [-0.3, -0.25) is 9.69 Å². The number of carbonyl (C=O) groups excluding carboxylic acids is 2. The van der Waals surface area contributed by atoms with E-state index in [9.17, 15) is 9.59 Å².